The zero-order chi connectivity index (χ0) is 14.1. The summed E-state index contributed by atoms with van der Waals surface area (Å²) in [6, 6.07) is 6.23. The standard InChI is InChI=1S/C15H24N2O2/c1-2-3-4-5-10-17-15(19)14(16)11-12-6-8-13(18)9-7-12/h6-9,14,18H,2-5,10-11,16H2,1H3,(H,17,19)/t14-/m1/s1. The van der Waals surface area contributed by atoms with Crippen molar-refractivity contribution in [1.82, 2.24) is 5.32 Å². The first-order chi connectivity index (χ1) is 9.13. The Kier molecular flexibility index (Phi) is 6.97. The fourth-order valence-electron chi connectivity index (χ4n) is 1.87. The van der Waals surface area contributed by atoms with Gasteiger partial charge in [0.05, 0.1) is 6.04 Å². The Bertz CT molecular complexity index is 376. The molecule has 0 aromatic heterocycles. The van der Waals surface area contributed by atoms with Crippen molar-refractivity contribution in [2.45, 2.75) is 45.1 Å². The number of benzene rings is 1. The molecule has 1 atom stereocenters. The van der Waals surface area contributed by atoms with E-state index >= 15 is 0 Å². The van der Waals surface area contributed by atoms with Crippen molar-refractivity contribution < 1.29 is 9.90 Å². The van der Waals surface area contributed by atoms with Crippen LogP contribution in [0.15, 0.2) is 24.3 Å². The molecule has 1 aromatic rings. The maximum absolute atomic E-state index is 11.8. The number of nitrogens with one attached hydrogen (secondary N) is 1. The molecule has 1 rings (SSSR count). The van der Waals surface area contributed by atoms with E-state index in [0.29, 0.717) is 13.0 Å². The first-order valence-electron chi connectivity index (χ1n) is 6.94. The lowest BCUT2D eigenvalue weighted by Crippen LogP contribution is -2.42. The zero-order valence-electron chi connectivity index (χ0n) is 11.6. The van der Waals surface area contributed by atoms with Crippen molar-refractivity contribution in [2.24, 2.45) is 5.73 Å². The predicted octanol–water partition coefficient (Wildman–Crippen LogP) is 1.96. The van der Waals surface area contributed by atoms with Crippen molar-refractivity contribution in [2.75, 3.05) is 6.54 Å². The highest BCUT2D eigenvalue weighted by Crippen LogP contribution is 2.10. The van der Waals surface area contributed by atoms with Crippen molar-refractivity contribution in [3.63, 3.8) is 0 Å². The van der Waals surface area contributed by atoms with E-state index in [4.69, 9.17) is 5.73 Å². The van der Waals surface area contributed by atoms with Gasteiger partial charge in [-0.05, 0) is 30.5 Å². The van der Waals surface area contributed by atoms with Crippen molar-refractivity contribution in [1.29, 1.82) is 0 Å². The number of hydrogen-bond acceptors (Lipinski definition) is 3. The predicted molar refractivity (Wildman–Crippen MR) is 76.9 cm³/mol. The molecule has 0 aliphatic rings. The summed E-state index contributed by atoms with van der Waals surface area (Å²) in [6.07, 6.45) is 5.03. The third kappa shape index (κ3) is 6.25. The van der Waals surface area contributed by atoms with Gasteiger partial charge in [0.2, 0.25) is 5.91 Å². The molecule has 1 amide bonds. The van der Waals surface area contributed by atoms with E-state index in [1.165, 1.54) is 12.8 Å². The van der Waals surface area contributed by atoms with Gasteiger partial charge in [0.15, 0.2) is 0 Å². The Balaban J connectivity index is 2.26. The van der Waals surface area contributed by atoms with Crippen molar-refractivity contribution in [3.05, 3.63) is 29.8 Å². The van der Waals surface area contributed by atoms with E-state index in [1.54, 1.807) is 24.3 Å². The van der Waals surface area contributed by atoms with Gasteiger partial charge in [0.1, 0.15) is 5.75 Å². The van der Waals surface area contributed by atoms with Crippen molar-refractivity contribution >= 4 is 5.91 Å². The SMILES string of the molecule is CCCCCCNC(=O)[C@H](N)Cc1ccc(O)cc1. The van der Waals surface area contributed by atoms with Gasteiger partial charge in [0, 0.05) is 6.54 Å². The van der Waals surface area contributed by atoms with E-state index in [1.807, 2.05) is 0 Å². The van der Waals surface area contributed by atoms with Crippen LogP contribution in [0.4, 0.5) is 0 Å². The van der Waals surface area contributed by atoms with Crippen LogP contribution in [0.5, 0.6) is 5.75 Å². The molecule has 1 aromatic carbocycles. The van der Waals surface area contributed by atoms with Gasteiger partial charge in [-0.2, -0.15) is 0 Å². The lowest BCUT2D eigenvalue weighted by atomic mass is 10.1. The number of amides is 1. The fraction of sp³-hybridized carbons (Fsp3) is 0.533. The van der Waals surface area contributed by atoms with Gasteiger partial charge in [-0.25, -0.2) is 0 Å². The quantitative estimate of drug-likeness (QED) is 0.628. The molecule has 4 heteroatoms. The summed E-state index contributed by atoms with van der Waals surface area (Å²) in [5.74, 6) is 0.113. The van der Waals surface area contributed by atoms with Crippen LogP contribution >= 0.6 is 0 Å². The lowest BCUT2D eigenvalue weighted by Gasteiger charge is -2.12. The molecule has 0 bridgehead atoms. The van der Waals surface area contributed by atoms with Crippen LogP contribution in [0.1, 0.15) is 38.2 Å². The van der Waals surface area contributed by atoms with Gasteiger partial charge >= 0.3 is 0 Å². The number of unbranched alkanes of at least 4 members (excludes halogenated alkanes) is 3. The fourth-order valence-corrected chi connectivity index (χ4v) is 1.87. The minimum absolute atomic E-state index is 0.107. The monoisotopic (exact) mass is 264 g/mol. The molecular weight excluding hydrogens is 240 g/mol. The van der Waals surface area contributed by atoms with Crippen LogP contribution in [-0.4, -0.2) is 23.6 Å². The molecule has 0 fully saturated rings. The average molecular weight is 264 g/mol. The summed E-state index contributed by atoms with van der Waals surface area (Å²) in [6.45, 7) is 2.86. The van der Waals surface area contributed by atoms with Gasteiger partial charge in [-0.1, -0.05) is 38.3 Å². The second-order valence-electron chi connectivity index (χ2n) is 4.83. The van der Waals surface area contributed by atoms with Crippen LogP contribution in [-0.2, 0) is 11.2 Å². The highest BCUT2D eigenvalue weighted by atomic mass is 16.3. The number of phenolic OH excluding ortho intramolecular Hbond substituents is 1. The normalized spacial score (nSPS) is 12.1. The molecule has 0 saturated carbocycles. The Morgan fingerprint density at radius 2 is 1.95 bits per heavy atom. The smallest absolute Gasteiger partial charge is 0.237 e. The Labute approximate surface area is 115 Å². The largest absolute Gasteiger partial charge is 0.508 e. The number of phenols is 1. The second-order valence-corrected chi connectivity index (χ2v) is 4.83. The van der Waals surface area contributed by atoms with E-state index in [2.05, 4.69) is 12.2 Å². The molecule has 19 heavy (non-hydrogen) atoms. The number of carbonyl (C=O) groups excluding carboxylic acids is 1. The summed E-state index contributed by atoms with van der Waals surface area (Å²) in [4.78, 5) is 11.8. The summed E-state index contributed by atoms with van der Waals surface area (Å²) in [7, 11) is 0. The number of hydrogen-bond donors (Lipinski definition) is 3. The van der Waals surface area contributed by atoms with Gasteiger partial charge in [0.25, 0.3) is 0 Å². The summed E-state index contributed by atoms with van der Waals surface area (Å²) in [5.41, 5.74) is 6.80. The third-order valence-corrected chi connectivity index (χ3v) is 3.06. The Morgan fingerprint density at radius 1 is 1.26 bits per heavy atom. The molecule has 106 valence electrons. The molecule has 0 aliphatic heterocycles. The van der Waals surface area contributed by atoms with Crippen molar-refractivity contribution in [3.8, 4) is 5.75 Å². The second kappa shape index (κ2) is 8.53. The highest BCUT2D eigenvalue weighted by Gasteiger charge is 2.13. The van der Waals surface area contributed by atoms with Crippen LogP contribution in [0.3, 0.4) is 0 Å². The summed E-state index contributed by atoms with van der Waals surface area (Å²) < 4.78 is 0. The maximum atomic E-state index is 11.8. The Hall–Kier alpha value is -1.55. The first kappa shape index (κ1) is 15.5. The number of nitrogens with two attached hydrogens (primary N) is 1. The van der Waals surface area contributed by atoms with E-state index in [0.717, 1.165) is 18.4 Å². The van der Waals surface area contributed by atoms with E-state index in [-0.39, 0.29) is 11.7 Å². The molecule has 0 unspecified atom stereocenters. The van der Waals surface area contributed by atoms with E-state index < -0.39 is 6.04 Å². The Morgan fingerprint density at radius 3 is 2.58 bits per heavy atom. The minimum Gasteiger partial charge on any atom is -0.508 e. The number of carbonyl (C=O) groups is 1. The average Bonchev–Trinajstić information content (AvgIpc) is 2.41. The third-order valence-electron chi connectivity index (χ3n) is 3.06. The first-order valence-corrected chi connectivity index (χ1v) is 6.94. The van der Waals surface area contributed by atoms with Crippen LogP contribution in [0.2, 0.25) is 0 Å². The molecular formula is C15H24N2O2. The van der Waals surface area contributed by atoms with Crippen LogP contribution in [0.25, 0.3) is 0 Å². The molecule has 0 radical (unpaired) electrons. The number of aromatic hydroxyl groups is 1. The molecule has 4 N–H and O–H groups in total. The minimum atomic E-state index is -0.532. The molecule has 0 aliphatic carbocycles. The van der Waals surface area contributed by atoms with E-state index in [9.17, 15) is 9.90 Å². The van der Waals surface area contributed by atoms with Gasteiger partial charge < -0.3 is 16.2 Å². The summed E-state index contributed by atoms with van der Waals surface area (Å²) >= 11 is 0. The van der Waals surface area contributed by atoms with Crippen LogP contribution < -0.4 is 11.1 Å². The zero-order valence-corrected chi connectivity index (χ0v) is 11.6. The highest BCUT2D eigenvalue weighted by molar-refractivity contribution is 5.81. The number of rotatable bonds is 8. The van der Waals surface area contributed by atoms with Gasteiger partial charge in [-0.15, -0.1) is 0 Å². The van der Waals surface area contributed by atoms with Gasteiger partial charge in [-0.3, -0.25) is 4.79 Å². The summed E-state index contributed by atoms with van der Waals surface area (Å²) in [5, 5.41) is 12.0. The molecule has 0 spiro atoms. The molecule has 4 nitrogen and oxygen atoms in total. The molecule has 0 saturated heterocycles. The molecule has 0 heterocycles. The van der Waals surface area contributed by atoms with Crippen LogP contribution in [0, 0.1) is 0 Å². The topological polar surface area (TPSA) is 75.4 Å². The lowest BCUT2D eigenvalue weighted by molar-refractivity contribution is -0.122. The maximum Gasteiger partial charge on any atom is 0.237 e.